The molecule has 0 bridgehead atoms. The molecule has 0 spiro atoms. The van der Waals surface area contributed by atoms with E-state index in [0.717, 1.165) is 17.3 Å². The third-order valence-corrected chi connectivity index (χ3v) is 5.85. The van der Waals surface area contributed by atoms with Gasteiger partial charge >= 0.3 is 0 Å². The highest BCUT2D eigenvalue weighted by Crippen LogP contribution is 2.31. The molecule has 1 aromatic heterocycles. The molecule has 0 aliphatic carbocycles. The van der Waals surface area contributed by atoms with Gasteiger partial charge in [-0.3, -0.25) is 19.7 Å². The molecule has 2 aromatic carbocycles. The average molecular weight is 478 g/mol. The first kappa shape index (κ1) is 22.9. The number of para-hydroxylation sites is 1. The summed E-state index contributed by atoms with van der Waals surface area (Å²) in [6.07, 6.45) is 1.32. The van der Waals surface area contributed by atoms with E-state index in [-0.39, 0.29) is 29.1 Å². The van der Waals surface area contributed by atoms with E-state index in [4.69, 9.17) is 4.42 Å². The smallest absolute Gasteiger partial charge is 0.280 e. The minimum Gasteiger partial charge on any atom is -0.455 e. The first-order valence-electron chi connectivity index (χ1n) is 10.2. The molecule has 2 amide bonds. The van der Waals surface area contributed by atoms with Crippen LogP contribution in [0.25, 0.3) is 11.3 Å². The maximum absolute atomic E-state index is 12.2. The number of nitro benzene ring substituents is 1. The van der Waals surface area contributed by atoms with Crippen molar-refractivity contribution in [3.8, 4) is 11.3 Å². The van der Waals surface area contributed by atoms with Crippen LogP contribution in [0.5, 0.6) is 0 Å². The van der Waals surface area contributed by atoms with Crippen molar-refractivity contribution >= 4 is 46.3 Å². The molecule has 1 aliphatic rings. The number of carbonyl (C=O) groups is 2. The molecular weight excluding hydrogens is 458 g/mol. The van der Waals surface area contributed by atoms with E-state index in [9.17, 15) is 19.7 Å². The number of furan rings is 1. The highest BCUT2D eigenvalue weighted by atomic mass is 32.2. The monoisotopic (exact) mass is 477 g/mol. The zero-order valence-corrected chi connectivity index (χ0v) is 18.7. The molecule has 4 rings (SSSR count). The summed E-state index contributed by atoms with van der Waals surface area (Å²) in [4.78, 5) is 35.2. The molecular formula is C23H19N5O5S. The molecule has 1 atom stereocenters. The Morgan fingerprint density at radius 1 is 1.24 bits per heavy atom. The quantitative estimate of drug-likeness (QED) is 0.298. The van der Waals surface area contributed by atoms with Gasteiger partial charge < -0.3 is 15.1 Å². The van der Waals surface area contributed by atoms with Crippen LogP contribution in [-0.4, -0.2) is 33.4 Å². The van der Waals surface area contributed by atoms with Gasteiger partial charge in [-0.1, -0.05) is 36.0 Å². The molecule has 1 unspecified atom stereocenters. The van der Waals surface area contributed by atoms with Gasteiger partial charge in [0, 0.05) is 18.2 Å². The largest absolute Gasteiger partial charge is 0.455 e. The normalized spacial score (nSPS) is 16.7. The Bertz CT molecular complexity index is 1300. The van der Waals surface area contributed by atoms with E-state index in [0.29, 0.717) is 22.8 Å². The van der Waals surface area contributed by atoms with Gasteiger partial charge in [0.1, 0.15) is 16.8 Å². The number of rotatable bonds is 7. The highest BCUT2D eigenvalue weighted by Gasteiger charge is 2.32. The Balaban J connectivity index is 1.37. The van der Waals surface area contributed by atoms with Gasteiger partial charge in [0.15, 0.2) is 5.17 Å². The third kappa shape index (κ3) is 5.56. The number of nitro groups is 1. The van der Waals surface area contributed by atoms with E-state index in [1.165, 1.54) is 12.3 Å². The summed E-state index contributed by atoms with van der Waals surface area (Å²) in [6, 6.07) is 17.1. The summed E-state index contributed by atoms with van der Waals surface area (Å²) in [5.74, 6) is 0.0576. The van der Waals surface area contributed by atoms with Gasteiger partial charge in [-0.05, 0) is 42.8 Å². The Morgan fingerprint density at radius 3 is 2.79 bits per heavy atom. The zero-order chi connectivity index (χ0) is 24.1. The standard InChI is InChI=1S/C23H19N5O5S/c1-14-7-9-17(18(11-14)28(31)32)19-10-8-16(33-19)13-24-27-23-26-22(30)20(34-23)12-21(29)25-15-5-3-2-4-6-15/h2-11,13,20H,12H2,1H3,(H,25,29)(H,26,27,30)/b24-13+. The van der Waals surface area contributed by atoms with Gasteiger partial charge in [0.05, 0.1) is 16.7 Å². The predicted octanol–water partition coefficient (Wildman–Crippen LogP) is 4.11. The van der Waals surface area contributed by atoms with E-state index in [2.05, 4.69) is 20.8 Å². The number of thioether (sulfide) groups is 1. The number of hydrogen-bond acceptors (Lipinski definition) is 8. The number of hydrogen-bond donors (Lipinski definition) is 2. The molecule has 2 heterocycles. The average Bonchev–Trinajstić information content (AvgIpc) is 3.41. The second-order valence-electron chi connectivity index (χ2n) is 7.34. The second kappa shape index (κ2) is 10.1. The number of anilines is 1. The van der Waals surface area contributed by atoms with Gasteiger partial charge in [0.2, 0.25) is 11.8 Å². The molecule has 11 heteroatoms. The van der Waals surface area contributed by atoms with E-state index >= 15 is 0 Å². The summed E-state index contributed by atoms with van der Waals surface area (Å²) in [5.41, 5.74) is 1.73. The lowest BCUT2D eigenvalue weighted by Gasteiger charge is -2.06. The minimum atomic E-state index is -0.616. The van der Waals surface area contributed by atoms with E-state index in [1.54, 1.807) is 55.5 Å². The summed E-state index contributed by atoms with van der Waals surface area (Å²) in [6.45, 7) is 1.77. The van der Waals surface area contributed by atoms with Crippen molar-refractivity contribution in [1.29, 1.82) is 0 Å². The molecule has 10 nitrogen and oxygen atoms in total. The molecule has 3 aromatic rings. The van der Waals surface area contributed by atoms with Crippen LogP contribution < -0.4 is 10.6 Å². The number of amidine groups is 1. The number of amides is 2. The molecule has 1 aliphatic heterocycles. The topological polar surface area (TPSA) is 139 Å². The van der Waals surface area contributed by atoms with Gasteiger partial charge in [-0.25, -0.2) is 0 Å². The second-order valence-corrected chi connectivity index (χ2v) is 8.53. The van der Waals surface area contributed by atoms with Crippen LogP contribution in [0, 0.1) is 17.0 Å². The maximum atomic E-state index is 12.2. The molecule has 172 valence electrons. The first-order chi connectivity index (χ1) is 16.4. The third-order valence-electron chi connectivity index (χ3n) is 4.78. The van der Waals surface area contributed by atoms with Crippen LogP contribution in [-0.2, 0) is 9.59 Å². The van der Waals surface area contributed by atoms with Crippen LogP contribution in [0.4, 0.5) is 11.4 Å². The van der Waals surface area contributed by atoms with Gasteiger partial charge in [0.25, 0.3) is 5.69 Å². The highest BCUT2D eigenvalue weighted by molar-refractivity contribution is 8.15. The number of benzene rings is 2. The Labute approximate surface area is 198 Å². The van der Waals surface area contributed by atoms with Crippen LogP contribution in [0.2, 0.25) is 0 Å². The Morgan fingerprint density at radius 2 is 2.03 bits per heavy atom. The molecule has 1 fully saturated rings. The van der Waals surface area contributed by atoms with Crippen LogP contribution in [0.15, 0.2) is 75.3 Å². The molecule has 34 heavy (non-hydrogen) atoms. The molecule has 0 radical (unpaired) electrons. The Kier molecular flexibility index (Phi) is 6.83. The summed E-state index contributed by atoms with van der Waals surface area (Å²) in [7, 11) is 0. The summed E-state index contributed by atoms with van der Waals surface area (Å²) < 4.78 is 5.65. The SMILES string of the molecule is Cc1ccc(-c2ccc(/C=N/N=C3\NC(=O)C(CC(=O)Nc4ccccc4)S3)o2)c([N+](=O)[O-])c1. The molecule has 2 N–H and O–H groups in total. The van der Waals surface area contributed by atoms with Crippen LogP contribution in [0.3, 0.4) is 0 Å². The summed E-state index contributed by atoms with van der Waals surface area (Å²) >= 11 is 1.11. The number of carbonyl (C=O) groups excluding carboxylic acids is 2. The van der Waals surface area contributed by atoms with Crippen LogP contribution in [0.1, 0.15) is 17.7 Å². The van der Waals surface area contributed by atoms with Gasteiger partial charge in [-0.2, -0.15) is 5.10 Å². The van der Waals surface area contributed by atoms with Crippen molar-refractivity contribution in [3.63, 3.8) is 0 Å². The first-order valence-corrected chi connectivity index (χ1v) is 11.1. The van der Waals surface area contributed by atoms with Crippen molar-refractivity contribution in [1.82, 2.24) is 5.32 Å². The molecule has 0 saturated carbocycles. The summed E-state index contributed by atoms with van der Waals surface area (Å²) in [5, 5.41) is 24.2. The lowest BCUT2D eigenvalue weighted by molar-refractivity contribution is -0.384. The number of nitrogens with one attached hydrogen (secondary N) is 2. The lowest BCUT2D eigenvalue weighted by atomic mass is 10.1. The van der Waals surface area contributed by atoms with Crippen molar-refractivity contribution < 1.29 is 18.9 Å². The number of nitrogens with zero attached hydrogens (tertiary/aromatic N) is 3. The minimum absolute atomic E-state index is 0.00893. The predicted molar refractivity (Wildman–Crippen MR) is 130 cm³/mol. The van der Waals surface area contributed by atoms with Crippen molar-refractivity contribution in [2.75, 3.05) is 5.32 Å². The van der Waals surface area contributed by atoms with E-state index in [1.807, 2.05) is 6.07 Å². The molecule has 1 saturated heterocycles. The zero-order valence-electron chi connectivity index (χ0n) is 17.9. The van der Waals surface area contributed by atoms with Gasteiger partial charge in [-0.15, -0.1) is 5.10 Å². The van der Waals surface area contributed by atoms with Crippen molar-refractivity contribution in [3.05, 3.63) is 82.1 Å². The van der Waals surface area contributed by atoms with Crippen molar-refractivity contribution in [2.24, 2.45) is 10.2 Å². The lowest BCUT2D eigenvalue weighted by Crippen LogP contribution is -2.28. The fourth-order valence-corrected chi connectivity index (χ4v) is 4.12. The number of aryl methyl sites for hydroxylation is 1. The van der Waals surface area contributed by atoms with E-state index < -0.39 is 10.2 Å². The fourth-order valence-electron chi connectivity index (χ4n) is 3.19. The fraction of sp³-hybridized carbons (Fsp3) is 0.130. The van der Waals surface area contributed by atoms with Crippen molar-refractivity contribution in [2.45, 2.75) is 18.6 Å². The Hall–Kier alpha value is -4.25. The van der Waals surface area contributed by atoms with Crippen LogP contribution >= 0.6 is 11.8 Å². The maximum Gasteiger partial charge on any atom is 0.280 e.